The number of hydrogen-bond acceptors (Lipinski definition) is 4. The van der Waals surface area contributed by atoms with Crippen LogP contribution in [-0.4, -0.2) is 15.9 Å². The van der Waals surface area contributed by atoms with Crippen molar-refractivity contribution in [1.29, 1.82) is 0 Å². The monoisotopic (exact) mass is 230 g/mol. The summed E-state index contributed by atoms with van der Waals surface area (Å²) in [6, 6.07) is 2.02. The number of nitro benzene ring substituents is 1. The summed E-state index contributed by atoms with van der Waals surface area (Å²) in [5.74, 6) is -0.813. The van der Waals surface area contributed by atoms with Gasteiger partial charge in [-0.05, 0) is 0 Å². The summed E-state index contributed by atoms with van der Waals surface area (Å²) >= 11 is 5.64. The molecule has 0 unspecified atom stereocenters. The van der Waals surface area contributed by atoms with Crippen LogP contribution in [0.1, 0.15) is 6.92 Å². The van der Waals surface area contributed by atoms with Gasteiger partial charge in [0.1, 0.15) is 11.4 Å². The first-order chi connectivity index (χ1) is 6.91. The summed E-state index contributed by atoms with van der Waals surface area (Å²) in [7, 11) is 0. The van der Waals surface area contributed by atoms with Crippen LogP contribution in [0.2, 0.25) is 5.02 Å². The number of nitrogens with zero attached hydrogens (tertiary/aromatic N) is 1. The van der Waals surface area contributed by atoms with Crippen LogP contribution in [0.15, 0.2) is 12.1 Å². The molecule has 0 fully saturated rings. The zero-order valence-electron chi connectivity index (χ0n) is 7.65. The van der Waals surface area contributed by atoms with Gasteiger partial charge in [-0.2, -0.15) is 0 Å². The number of nitrogens with one attached hydrogen (secondary N) is 1. The molecule has 0 heterocycles. The Kier molecular flexibility index (Phi) is 3.11. The second-order valence-corrected chi connectivity index (χ2v) is 3.17. The maximum absolute atomic E-state index is 10.8. The summed E-state index contributed by atoms with van der Waals surface area (Å²) in [5, 5.41) is 21.8. The van der Waals surface area contributed by atoms with Crippen LogP contribution in [0.4, 0.5) is 11.4 Å². The molecule has 0 spiro atoms. The minimum Gasteiger partial charge on any atom is -0.508 e. The number of halogens is 1. The number of nitro groups is 1. The molecule has 0 aliphatic heterocycles. The van der Waals surface area contributed by atoms with Gasteiger partial charge in [0.2, 0.25) is 5.91 Å². The summed E-state index contributed by atoms with van der Waals surface area (Å²) in [4.78, 5) is 20.6. The van der Waals surface area contributed by atoms with Crippen molar-refractivity contribution in [1.82, 2.24) is 0 Å². The maximum Gasteiger partial charge on any atom is 0.297 e. The molecule has 0 saturated carbocycles. The van der Waals surface area contributed by atoms with E-state index in [9.17, 15) is 14.9 Å². The molecule has 1 aromatic carbocycles. The van der Waals surface area contributed by atoms with Gasteiger partial charge in [0, 0.05) is 13.0 Å². The Morgan fingerprint density at radius 2 is 2.20 bits per heavy atom. The van der Waals surface area contributed by atoms with E-state index in [1.54, 1.807) is 0 Å². The number of benzene rings is 1. The lowest BCUT2D eigenvalue weighted by atomic mass is 10.2. The number of carbonyl (C=O) groups is 1. The summed E-state index contributed by atoms with van der Waals surface area (Å²) in [6.45, 7) is 1.20. The van der Waals surface area contributed by atoms with E-state index in [0.29, 0.717) is 0 Å². The normalized spacial score (nSPS) is 9.73. The van der Waals surface area contributed by atoms with Gasteiger partial charge in [-0.15, -0.1) is 0 Å². The highest BCUT2D eigenvalue weighted by molar-refractivity contribution is 6.34. The number of aromatic hydroxyl groups is 1. The first kappa shape index (κ1) is 11.3. The van der Waals surface area contributed by atoms with E-state index < -0.39 is 16.5 Å². The number of amides is 1. The SMILES string of the molecule is CC(=O)Nc1c(Cl)cc(O)cc1[N+](=O)[O-]. The topological polar surface area (TPSA) is 92.5 Å². The molecular weight excluding hydrogens is 224 g/mol. The number of phenolic OH excluding ortho intramolecular Hbond substituents is 1. The van der Waals surface area contributed by atoms with Crippen molar-refractivity contribution < 1.29 is 14.8 Å². The van der Waals surface area contributed by atoms with Gasteiger partial charge in [-0.1, -0.05) is 11.6 Å². The molecule has 0 aromatic heterocycles. The minimum atomic E-state index is -0.739. The molecule has 1 amide bonds. The number of rotatable bonds is 2. The molecular formula is C8H7ClN2O4. The number of anilines is 1. The average molecular weight is 231 g/mol. The number of phenols is 1. The van der Waals surface area contributed by atoms with Crippen LogP contribution < -0.4 is 5.32 Å². The van der Waals surface area contributed by atoms with Crippen LogP contribution >= 0.6 is 11.6 Å². The highest BCUT2D eigenvalue weighted by Crippen LogP contribution is 2.35. The predicted octanol–water partition coefficient (Wildman–Crippen LogP) is 1.91. The first-order valence-corrected chi connectivity index (χ1v) is 4.24. The van der Waals surface area contributed by atoms with E-state index in [1.807, 2.05) is 0 Å². The van der Waals surface area contributed by atoms with E-state index in [2.05, 4.69) is 5.32 Å². The van der Waals surface area contributed by atoms with Gasteiger partial charge in [-0.3, -0.25) is 14.9 Å². The third kappa shape index (κ3) is 2.57. The van der Waals surface area contributed by atoms with Crippen molar-refractivity contribution in [2.45, 2.75) is 6.92 Å². The third-order valence-electron chi connectivity index (χ3n) is 1.55. The third-order valence-corrected chi connectivity index (χ3v) is 1.85. The van der Waals surface area contributed by atoms with E-state index in [-0.39, 0.29) is 16.5 Å². The Morgan fingerprint density at radius 1 is 1.60 bits per heavy atom. The van der Waals surface area contributed by atoms with Crippen LogP contribution in [0.25, 0.3) is 0 Å². The lowest BCUT2D eigenvalue weighted by Gasteiger charge is -2.06. The van der Waals surface area contributed by atoms with Gasteiger partial charge >= 0.3 is 0 Å². The lowest BCUT2D eigenvalue weighted by molar-refractivity contribution is -0.384. The molecule has 0 saturated heterocycles. The van der Waals surface area contributed by atoms with E-state index in [4.69, 9.17) is 16.7 Å². The lowest BCUT2D eigenvalue weighted by Crippen LogP contribution is -2.08. The summed E-state index contributed by atoms with van der Waals surface area (Å²) in [6.07, 6.45) is 0. The molecule has 0 radical (unpaired) electrons. The predicted molar refractivity (Wildman–Crippen MR) is 54.1 cm³/mol. The molecule has 1 rings (SSSR count). The van der Waals surface area contributed by atoms with Crippen LogP contribution in [0.3, 0.4) is 0 Å². The van der Waals surface area contributed by atoms with Crippen molar-refractivity contribution in [2.75, 3.05) is 5.32 Å². The molecule has 2 N–H and O–H groups in total. The second kappa shape index (κ2) is 4.14. The first-order valence-electron chi connectivity index (χ1n) is 3.86. The van der Waals surface area contributed by atoms with Gasteiger partial charge in [0.05, 0.1) is 16.0 Å². The summed E-state index contributed by atoms with van der Waals surface area (Å²) < 4.78 is 0. The Bertz CT molecular complexity index is 433. The van der Waals surface area contributed by atoms with Crippen LogP contribution in [0, 0.1) is 10.1 Å². The van der Waals surface area contributed by atoms with Crippen LogP contribution in [-0.2, 0) is 4.79 Å². The molecule has 0 aliphatic rings. The fourth-order valence-corrected chi connectivity index (χ4v) is 1.28. The highest BCUT2D eigenvalue weighted by atomic mass is 35.5. The van der Waals surface area contributed by atoms with Crippen molar-refractivity contribution in [2.24, 2.45) is 0 Å². The average Bonchev–Trinajstić information content (AvgIpc) is 2.08. The number of carbonyl (C=O) groups excluding carboxylic acids is 1. The fourth-order valence-electron chi connectivity index (χ4n) is 1.02. The second-order valence-electron chi connectivity index (χ2n) is 2.76. The molecule has 0 aliphatic carbocycles. The Balaban J connectivity index is 3.33. The van der Waals surface area contributed by atoms with E-state index in [0.717, 1.165) is 12.1 Å². The largest absolute Gasteiger partial charge is 0.508 e. The standard InChI is InChI=1S/C8H7ClN2O4/c1-4(12)10-8-6(9)2-5(13)3-7(8)11(14)15/h2-3,13H,1H3,(H,10,12). The number of hydrogen-bond donors (Lipinski definition) is 2. The van der Waals surface area contributed by atoms with E-state index >= 15 is 0 Å². The van der Waals surface area contributed by atoms with Gasteiger partial charge < -0.3 is 10.4 Å². The molecule has 7 heteroatoms. The fraction of sp³-hybridized carbons (Fsp3) is 0.125. The zero-order valence-corrected chi connectivity index (χ0v) is 8.41. The summed E-state index contributed by atoms with van der Waals surface area (Å²) in [5.41, 5.74) is -0.567. The Labute approximate surface area is 89.6 Å². The molecule has 15 heavy (non-hydrogen) atoms. The van der Waals surface area contributed by atoms with Crippen molar-refractivity contribution in [3.05, 3.63) is 27.3 Å². The molecule has 1 aromatic rings. The molecule has 80 valence electrons. The zero-order chi connectivity index (χ0) is 11.6. The van der Waals surface area contributed by atoms with E-state index in [1.165, 1.54) is 6.92 Å². The van der Waals surface area contributed by atoms with Crippen molar-refractivity contribution >= 4 is 28.9 Å². The van der Waals surface area contributed by atoms with Gasteiger partial charge in [0.25, 0.3) is 5.69 Å². The van der Waals surface area contributed by atoms with Crippen LogP contribution in [0.5, 0.6) is 5.75 Å². The smallest absolute Gasteiger partial charge is 0.297 e. The van der Waals surface area contributed by atoms with Crippen molar-refractivity contribution in [3.8, 4) is 5.75 Å². The minimum absolute atomic E-state index is 0.0862. The Hall–Kier alpha value is -1.82. The maximum atomic E-state index is 10.8. The van der Waals surface area contributed by atoms with Gasteiger partial charge in [0.15, 0.2) is 0 Å². The molecule has 0 atom stereocenters. The highest BCUT2D eigenvalue weighted by Gasteiger charge is 2.19. The quantitative estimate of drug-likeness (QED) is 0.461. The van der Waals surface area contributed by atoms with Crippen molar-refractivity contribution in [3.63, 3.8) is 0 Å². The van der Waals surface area contributed by atoms with Gasteiger partial charge in [-0.25, -0.2) is 0 Å². The molecule has 6 nitrogen and oxygen atoms in total. The molecule has 0 bridgehead atoms. The Morgan fingerprint density at radius 3 is 2.67 bits per heavy atom.